The van der Waals surface area contributed by atoms with Gasteiger partial charge in [0.25, 0.3) is 12.4 Å². The molecule has 4 aliphatic rings. The Hall–Kier alpha value is -8.79. The van der Waals surface area contributed by atoms with Crippen molar-refractivity contribution in [3.05, 3.63) is 348 Å². The molecule has 0 spiro atoms. The zero-order valence-corrected chi connectivity index (χ0v) is 78.8. The van der Waals surface area contributed by atoms with Gasteiger partial charge in [0.15, 0.2) is 5.78 Å². The highest BCUT2D eigenvalue weighted by Gasteiger charge is 2.39. The molecule has 4 unspecified atom stereocenters. The molecule has 7 N–H and O–H groups in total. The van der Waals surface area contributed by atoms with Gasteiger partial charge in [0.2, 0.25) is 18.2 Å². The molecule has 128 heavy (non-hydrogen) atoms. The number of alkyl halides is 1. The molecule has 2 amide bonds. The monoisotopic (exact) mass is 2030 g/mol. The third kappa shape index (κ3) is 41.1. The molecule has 0 saturated heterocycles. The van der Waals surface area contributed by atoms with E-state index in [4.69, 9.17) is 69.6 Å². The first kappa shape index (κ1) is 121. The Morgan fingerprint density at radius 2 is 0.930 bits per heavy atom. The number of carboxylic acids is 1. The van der Waals surface area contributed by atoms with Crippen LogP contribution in [0, 0.1) is 0 Å². The van der Waals surface area contributed by atoms with Gasteiger partial charge >= 0.3 is 13.5 Å². The van der Waals surface area contributed by atoms with Gasteiger partial charge in [-0.05, 0) is 157 Å². The van der Waals surface area contributed by atoms with Gasteiger partial charge in [0, 0.05) is 189 Å². The second kappa shape index (κ2) is 68.3. The van der Waals surface area contributed by atoms with Gasteiger partial charge < -0.3 is 45.5 Å². The molecule has 25 radical (unpaired) electrons. The number of ether oxygens (including phenoxy) is 2. The Bertz CT molecular complexity index is 5050. The molecule has 0 saturated carbocycles. The topological polar surface area (TPSA) is 248 Å². The highest BCUT2D eigenvalue weighted by molar-refractivity contribution is 9.11. The average Bonchev–Trinajstić information content (AvgIpc) is 1.60. The van der Waals surface area contributed by atoms with Crippen LogP contribution in [0.15, 0.2) is 280 Å². The molecule has 14 rings (SSSR count). The molecule has 16 nitrogen and oxygen atoms in total. The first-order valence-electron chi connectivity index (χ1n) is 38.5. The maximum absolute atomic E-state index is 12.2. The van der Waals surface area contributed by atoms with Crippen LogP contribution in [0.2, 0.25) is 0 Å². The number of ketones is 1. The summed E-state index contributed by atoms with van der Waals surface area (Å²) >= 11 is 17.3. The summed E-state index contributed by atoms with van der Waals surface area (Å²) in [6.07, 6.45) is -0.880. The average molecular weight is 2040 g/mol. The third-order valence-electron chi connectivity index (χ3n) is 17.2. The van der Waals surface area contributed by atoms with E-state index in [1.807, 2.05) is 135 Å². The number of hydrogen-bond donors (Lipinski definition) is 5. The van der Waals surface area contributed by atoms with Crippen LogP contribution in [-0.4, -0.2) is 219 Å². The number of nitrogens with one attached hydrogen (secondary N) is 1. The molecular weight excluding hydrogens is 1940 g/mol. The summed E-state index contributed by atoms with van der Waals surface area (Å²) in [5.74, 6) is 0.718. The van der Waals surface area contributed by atoms with E-state index < -0.39 is 33.4 Å². The minimum absolute atomic E-state index is 0. The Morgan fingerprint density at radius 1 is 0.578 bits per heavy atom. The van der Waals surface area contributed by atoms with Gasteiger partial charge in [0.1, 0.15) is 42.8 Å². The molecule has 0 aliphatic carbocycles. The fraction of sp³-hybridized carbons (Fsp3) is 0.209. The van der Waals surface area contributed by atoms with E-state index in [2.05, 4.69) is 262 Å². The third-order valence-corrected chi connectivity index (χ3v) is 19.7. The van der Waals surface area contributed by atoms with Crippen LogP contribution in [0.4, 0.5) is 17.3 Å². The molecule has 4 heterocycles. The second-order valence-electron chi connectivity index (χ2n) is 25.3. The van der Waals surface area contributed by atoms with Gasteiger partial charge in [-0.25, -0.2) is 14.8 Å². The molecule has 42 heteroatoms. The number of carboxylic acid groups (broad SMARTS) is 2. The lowest BCUT2D eigenvalue weighted by atomic mass is 8.97. The number of hydrogen-bond acceptors (Lipinski definition) is 11. The maximum atomic E-state index is 12.2. The maximum Gasteiger partial charge on any atom is 0.762 e. The van der Waals surface area contributed by atoms with E-state index in [1.165, 1.54) is 41.4 Å². The number of nitrogens with two attached hydrogens (primary N) is 2. The number of nitrogens with zero attached hydrogens (tertiary/aromatic N) is 3. The zero-order chi connectivity index (χ0) is 95.1. The van der Waals surface area contributed by atoms with Gasteiger partial charge in [-0.3, -0.25) is 41.5 Å². The SMILES string of the molecule is C.CC1(c2cccc(Br)c2)N=C(N)c2ccccc21.CCOC1=NC(C)(c2cccc(Br)c2)c2ccccc21.CCOC1=NC(c2cccc(Br)c2)c2ccccc21.CC[O+](CC)CC.FB(F)F.NC=O.O=C(O)c1ccccc1C(=O)c1cccc(Br)c1.O=C1NC(c2cccc(Br)c2)c2ccccc21.O=CO.[2H]CF.[B].[B]B([B])[B].[B][B].[B][B]B([B])[B].[B][B][B].[F-]. The number of carbonyl (C=O) groups excluding carboxylic acids is 3. The van der Waals surface area contributed by atoms with E-state index in [0.29, 0.717) is 24.6 Å². The number of amides is 2. The lowest BCUT2D eigenvalue weighted by Crippen LogP contribution is -3.00. The van der Waals surface area contributed by atoms with Crippen LogP contribution in [0.1, 0.15) is 167 Å². The summed E-state index contributed by atoms with van der Waals surface area (Å²) in [5, 5.41) is 18.9. The predicted molar refractivity (Wildman–Crippen MR) is 545 cm³/mol. The number of amidine groups is 1. The van der Waals surface area contributed by atoms with E-state index >= 15 is 0 Å². The van der Waals surface area contributed by atoms with Crippen molar-refractivity contribution in [1.29, 1.82) is 0 Å². The Kier molecular flexibility index (Phi) is 64.7. The van der Waals surface area contributed by atoms with Crippen LogP contribution in [0.3, 0.4) is 0 Å². The van der Waals surface area contributed by atoms with Crippen LogP contribution in [-0.2, 0) is 34.5 Å². The van der Waals surface area contributed by atoms with Gasteiger partial charge in [-0.2, -0.15) is 0 Å². The van der Waals surface area contributed by atoms with Crippen molar-refractivity contribution in [3.8, 4) is 0 Å². The number of fused-ring (bicyclic) bond motifs is 4. The van der Waals surface area contributed by atoms with E-state index in [0.717, 1.165) is 106 Å². The molecule has 641 valence electrons. The number of aromatic carboxylic acids is 1. The highest BCUT2D eigenvalue weighted by Crippen LogP contribution is 2.43. The van der Waals surface area contributed by atoms with Crippen molar-refractivity contribution >= 4 is 248 Å². The highest BCUT2D eigenvalue weighted by atomic mass is 79.9. The quantitative estimate of drug-likeness (QED) is 0.0240. The summed E-state index contributed by atoms with van der Waals surface area (Å²) < 4.78 is 63.9. The molecule has 4 aliphatic heterocycles. The Morgan fingerprint density at radius 3 is 1.35 bits per heavy atom. The van der Waals surface area contributed by atoms with Gasteiger partial charge in [-0.15, -0.1) is 0 Å². The minimum atomic E-state index is -3.67. The lowest BCUT2D eigenvalue weighted by molar-refractivity contribution is -0.123. The summed E-state index contributed by atoms with van der Waals surface area (Å²) in [6.45, 7) is 19.0. The van der Waals surface area contributed by atoms with Crippen LogP contribution < -0.4 is 21.5 Å². The Labute approximate surface area is 812 Å². The number of carbonyl (C=O) groups is 5. The standard InChI is InChI=1S/C17H16BrNO.C16H14BrNO.C15H13BrN2.C14H10BrNO.C14H9BrO3.C6H15O.CH3F.CH3NO.CH2O2.CH4.B5.B4.B3.B2.BF3.B.FH/c1-3-20-16-14-9-4-5-10-15(14)17(2,19-16)12-7-6-8-13(18)11-12;1-2-19-16-14-9-4-3-8-13(14)15(18-16)11-6-5-7-12(17)10-11;1-15(10-5-4-6-11(16)9-10)13-8-3-2-7-12(13)14(17)18-15;15-10-5-3-4-9(8-10)13-11-6-1-2-7-12(11)14(17)16-13;15-10-5-3-4-9(8-10)13(16)11-6-1-2-7-12(11)14(17)18;1-4-7(5-2)6-3;1-2;2*2-1-3;;1-4-5(2)3;1-4(2)3;1-3-2;1-2;2-1(3)4;;/h4-11H,3H2,1-2H3;3-10,15H,2H2,1H3;2-9H,1H3,(H2,17,18);1-8,13H,(H,16,17);1-8H,(H,17,18);4-6H2,1-3H3;1H3;1H,(H2,2,3);1H,(H,2,3);1H4;;;;;;;1H/q;;;;;+1;;;;;;;;;;;/p-1/i;;;;;;1D;;;;;;;;;;. The summed E-state index contributed by atoms with van der Waals surface area (Å²) in [7, 11) is 43.1. The minimum Gasteiger partial charge on any atom is -1.00 e. The predicted octanol–water partition coefficient (Wildman–Crippen LogP) is 12.7. The van der Waals surface area contributed by atoms with Crippen LogP contribution in [0.25, 0.3) is 0 Å². The van der Waals surface area contributed by atoms with Crippen molar-refractivity contribution in [2.45, 2.75) is 79.1 Å². The number of primary amides is 1. The molecule has 0 bridgehead atoms. The summed E-state index contributed by atoms with van der Waals surface area (Å²) in [4.78, 5) is 66.3. The number of aliphatic imine (C=N–C) groups is 3. The molecular formula is C86H89B16Br5F5N6O10. The fourth-order valence-corrected chi connectivity index (χ4v) is 14.0. The van der Waals surface area contributed by atoms with Gasteiger partial charge in [0.05, 0.1) is 33.3 Å². The summed E-state index contributed by atoms with van der Waals surface area (Å²) in [6, 6.07) is 78.3. The second-order valence-corrected chi connectivity index (χ2v) is 29.8. The molecule has 10 aromatic rings. The fourth-order valence-electron chi connectivity index (χ4n) is 12.0. The Balaban J connectivity index is -0.00000140. The first-order chi connectivity index (χ1) is 60.1. The summed E-state index contributed by atoms with van der Waals surface area (Å²) in [5.41, 5.74) is 23.3. The number of halogens is 10. The first-order valence-corrected chi connectivity index (χ1v) is 41.8. The van der Waals surface area contributed by atoms with Crippen LogP contribution in [0.5, 0.6) is 0 Å². The smallest absolute Gasteiger partial charge is 0.762 e. The molecule has 10 aromatic carbocycles. The molecule has 0 aromatic heterocycles. The van der Waals surface area contributed by atoms with E-state index in [-0.39, 0.29) is 79.4 Å². The number of benzene rings is 10. The van der Waals surface area contributed by atoms with Crippen molar-refractivity contribution < 1.29 is 71.4 Å². The van der Waals surface area contributed by atoms with Crippen molar-refractivity contribution in [1.82, 2.24) is 5.32 Å². The normalized spacial score (nSPS) is 14.2. The zero-order valence-electron chi connectivity index (χ0n) is 71.8. The van der Waals surface area contributed by atoms with Crippen molar-refractivity contribution in [2.75, 3.05) is 40.2 Å². The molecule has 4 atom stereocenters. The van der Waals surface area contributed by atoms with E-state index in [1.54, 1.807) is 36.4 Å². The molecule has 0 fully saturated rings. The largest absolute Gasteiger partial charge is 1.00 e. The van der Waals surface area contributed by atoms with E-state index in [9.17, 15) is 31.7 Å². The van der Waals surface area contributed by atoms with Crippen molar-refractivity contribution in [2.24, 2.45) is 26.4 Å². The van der Waals surface area contributed by atoms with Crippen LogP contribution >= 0.6 is 79.6 Å². The lowest BCUT2D eigenvalue weighted by Gasteiger charge is -2.23. The van der Waals surface area contributed by atoms with Crippen molar-refractivity contribution in [3.63, 3.8) is 0 Å². The number of rotatable bonds is 13. The van der Waals surface area contributed by atoms with Gasteiger partial charge in [-0.1, -0.05) is 245 Å².